The number of nitrogens with one attached hydrogen (secondary N) is 1. The second-order valence-corrected chi connectivity index (χ2v) is 10.1. The highest BCUT2D eigenvalue weighted by molar-refractivity contribution is 5.96. The summed E-state index contributed by atoms with van der Waals surface area (Å²) < 4.78 is 7.41. The minimum atomic E-state index is -0.0450. The zero-order valence-electron chi connectivity index (χ0n) is 18.9. The molecule has 1 saturated carbocycles. The van der Waals surface area contributed by atoms with Crippen LogP contribution >= 0.6 is 0 Å². The Bertz CT molecular complexity index is 1030. The van der Waals surface area contributed by atoms with E-state index in [0.717, 1.165) is 56.1 Å². The molecule has 2 aromatic rings. The van der Waals surface area contributed by atoms with Gasteiger partial charge in [-0.2, -0.15) is 0 Å². The van der Waals surface area contributed by atoms with Crippen LogP contribution in [0, 0.1) is 11.8 Å². The molecule has 32 heavy (non-hydrogen) atoms. The van der Waals surface area contributed by atoms with Gasteiger partial charge in [0.05, 0.1) is 25.4 Å². The third-order valence-corrected chi connectivity index (χ3v) is 8.41. The molecule has 1 aliphatic carbocycles. The molecule has 1 aromatic carbocycles. The zero-order chi connectivity index (χ0) is 21.8. The highest BCUT2D eigenvalue weighted by atomic mass is 16.5. The summed E-state index contributed by atoms with van der Waals surface area (Å²) in [6.45, 7) is 8.24. The topological polar surface area (TPSA) is 70.0 Å². The number of aromatic nitrogens is 1. The average molecular weight is 439 g/mol. The highest BCUT2D eigenvalue weighted by Gasteiger charge is 2.49. The van der Waals surface area contributed by atoms with E-state index < -0.39 is 0 Å². The largest absolute Gasteiger partial charge is 0.508 e. The molecule has 0 spiro atoms. The van der Waals surface area contributed by atoms with Gasteiger partial charge in [0.1, 0.15) is 5.75 Å². The summed E-state index contributed by atoms with van der Waals surface area (Å²) in [5.41, 5.74) is 3.41. The van der Waals surface area contributed by atoms with Crippen LogP contribution in [-0.4, -0.2) is 77.6 Å². The molecule has 4 bridgehead atoms. The summed E-state index contributed by atoms with van der Waals surface area (Å²) in [6, 6.07) is 5.97. The lowest BCUT2D eigenvalue weighted by atomic mass is 9.65. The van der Waals surface area contributed by atoms with Crippen LogP contribution in [0.3, 0.4) is 0 Å². The average Bonchev–Trinajstić information content (AvgIpc) is 3.09. The molecule has 5 heterocycles. The van der Waals surface area contributed by atoms with E-state index in [2.05, 4.69) is 22.0 Å². The quantitative estimate of drug-likeness (QED) is 0.771. The maximum absolute atomic E-state index is 13.7. The van der Waals surface area contributed by atoms with Crippen molar-refractivity contribution in [2.24, 2.45) is 11.8 Å². The molecule has 0 radical (unpaired) electrons. The highest BCUT2D eigenvalue weighted by Crippen LogP contribution is 2.52. The van der Waals surface area contributed by atoms with E-state index in [4.69, 9.17) is 4.74 Å². The number of fused-ring (bicyclic) bond motifs is 4. The molecule has 1 unspecified atom stereocenters. The van der Waals surface area contributed by atoms with Crippen molar-refractivity contribution >= 4 is 16.9 Å². The van der Waals surface area contributed by atoms with Crippen LogP contribution in [0.2, 0.25) is 0 Å². The Morgan fingerprint density at radius 1 is 1.22 bits per heavy atom. The van der Waals surface area contributed by atoms with Gasteiger partial charge in [-0.15, -0.1) is 0 Å². The van der Waals surface area contributed by atoms with E-state index in [0.29, 0.717) is 24.5 Å². The van der Waals surface area contributed by atoms with Gasteiger partial charge in [-0.25, -0.2) is 4.79 Å². The normalized spacial score (nSPS) is 32.0. The number of phenolic OH excluding ortho intramolecular Hbond substituents is 1. The summed E-state index contributed by atoms with van der Waals surface area (Å²) in [5, 5.41) is 14.5. The lowest BCUT2D eigenvalue weighted by molar-refractivity contribution is -0.0139. The van der Waals surface area contributed by atoms with Gasteiger partial charge in [0.25, 0.3) is 0 Å². The predicted molar refractivity (Wildman–Crippen MR) is 123 cm³/mol. The molecule has 7 nitrogen and oxygen atoms in total. The number of benzene rings is 1. The van der Waals surface area contributed by atoms with E-state index in [-0.39, 0.29) is 11.8 Å². The zero-order valence-corrected chi connectivity index (χ0v) is 18.9. The van der Waals surface area contributed by atoms with Crippen molar-refractivity contribution in [3.8, 4) is 5.75 Å². The number of piperidine rings is 2. The first-order valence-corrected chi connectivity index (χ1v) is 12.3. The molecule has 7 rings (SSSR count). The van der Waals surface area contributed by atoms with Crippen LogP contribution in [0.25, 0.3) is 10.9 Å². The summed E-state index contributed by atoms with van der Waals surface area (Å²) in [5.74, 6) is 2.08. The first kappa shape index (κ1) is 20.5. The van der Waals surface area contributed by atoms with Gasteiger partial charge in [-0.1, -0.05) is 13.3 Å². The number of hydrogen-bond donors (Lipinski definition) is 2. The number of hydrogen-bond acceptors (Lipinski definition) is 5. The Hall–Kier alpha value is -2.09. The first-order chi connectivity index (χ1) is 15.6. The third-order valence-electron chi connectivity index (χ3n) is 8.41. The number of ether oxygens (including phenoxy) is 1. The van der Waals surface area contributed by atoms with Gasteiger partial charge in [0.2, 0.25) is 0 Å². The van der Waals surface area contributed by atoms with Crippen molar-refractivity contribution in [2.75, 3.05) is 46.1 Å². The van der Waals surface area contributed by atoms with E-state index >= 15 is 0 Å². The second-order valence-electron chi connectivity index (χ2n) is 10.1. The number of aromatic hydroxyl groups is 1. The van der Waals surface area contributed by atoms with Crippen molar-refractivity contribution in [2.45, 2.75) is 44.6 Å². The lowest BCUT2D eigenvalue weighted by Crippen LogP contribution is -2.56. The molecule has 3 saturated heterocycles. The molecule has 172 valence electrons. The monoisotopic (exact) mass is 438 g/mol. The van der Waals surface area contributed by atoms with Crippen LogP contribution in [-0.2, 0) is 11.2 Å². The molecule has 1 amide bonds. The van der Waals surface area contributed by atoms with Crippen LogP contribution in [0.15, 0.2) is 18.2 Å². The SMILES string of the molecule is CC[C@H]1C[C@@H]2C[C@H]3c4c(c5cc(O)ccc5n4C(=O)NCN4CCOCC4)CCN(C2)[C@@H]13. The minimum Gasteiger partial charge on any atom is -0.508 e. The van der Waals surface area contributed by atoms with Gasteiger partial charge in [0.15, 0.2) is 0 Å². The number of carbonyl (C=O) groups is 1. The molecular weight excluding hydrogens is 404 g/mol. The van der Waals surface area contributed by atoms with Crippen LogP contribution in [0.1, 0.15) is 43.4 Å². The van der Waals surface area contributed by atoms with Crippen molar-refractivity contribution in [3.05, 3.63) is 29.5 Å². The van der Waals surface area contributed by atoms with Gasteiger partial charge >= 0.3 is 6.03 Å². The summed E-state index contributed by atoms with van der Waals surface area (Å²) >= 11 is 0. The fourth-order valence-electron chi connectivity index (χ4n) is 7.08. The molecule has 5 aliphatic rings. The Kier molecular flexibility index (Phi) is 5.16. The van der Waals surface area contributed by atoms with Crippen LogP contribution in [0.4, 0.5) is 4.79 Å². The van der Waals surface area contributed by atoms with Crippen molar-refractivity contribution in [3.63, 3.8) is 0 Å². The fraction of sp³-hybridized carbons (Fsp3) is 0.640. The Morgan fingerprint density at radius 3 is 2.88 bits per heavy atom. The Labute approximate surface area is 189 Å². The van der Waals surface area contributed by atoms with Crippen molar-refractivity contribution in [1.82, 2.24) is 19.7 Å². The van der Waals surface area contributed by atoms with Crippen LogP contribution in [0.5, 0.6) is 5.75 Å². The van der Waals surface area contributed by atoms with Crippen molar-refractivity contribution < 1.29 is 14.6 Å². The molecule has 2 N–H and O–H groups in total. The molecule has 4 aliphatic heterocycles. The summed E-state index contributed by atoms with van der Waals surface area (Å²) in [6.07, 6.45) is 4.64. The number of amides is 1. The predicted octanol–water partition coefficient (Wildman–Crippen LogP) is 2.95. The lowest BCUT2D eigenvalue weighted by Gasteiger charge is -2.53. The van der Waals surface area contributed by atoms with E-state index in [1.54, 1.807) is 6.07 Å². The molecule has 5 atom stereocenters. The smallest absolute Gasteiger partial charge is 0.327 e. The second kappa shape index (κ2) is 8.04. The van der Waals surface area contributed by atoms with E-state index in [1.165, 1.54) is 37.1 Å². The van der Waals surface area contributed by atoms with Crippen molar-refractivity contribution in [1.29, 1.82) is 0 Å². The Balaban J connectivity index is 1.42. The Morgan fingerprint density at radius 2 is 2.06 bits per heavy atom. The number of rotatable bonds is 3. The third kappa shape index (κ3) is 3.25. The number of nitrogens with zero attached hydrogens (tertiary/aromatic N) is 3. The maximum Gasteiger partial charge on any atom is 0.327 e. The van der Waals surface area contributed by atoms with Gasteiger partial charge in [-0.3, -0.25) is 14.4 Å². The van der Waals surface area contributed by atoms with Gasteiger partial charge in [-0.05, 0) is 54.9 Å². The molecule has 7 heteroatoms. The van der Waals surface area contributed by atoms with E-state index in [9.17, 15) is 9.90 Å². The summed E-state index contributed by atoms with van der Waals surface area (Å²) in [7, 11) is 0. The van der Waals surface area contributed by atoms with E-state index in [1.807, 2.05) is 16.7 Å². The molecule has 4 fully saturated rings. The summed E-state index contributed by atoms with van der Waals surface area (Å²) in [4.78, 5) is 18.6. The molecule has 1 aromatic heterocycles. The standard InChI is InChI=1S/C25H34N4O3/c1-2-17-11-16-12-21-23(17)28(14-16)6-5-19-20-13-18(30)3-4-22(20)29(24(19)21)25(31)26-15-27-7-9-32-10-8-27/h3-4,13,16-17,21,23,30H,2,5-12,14-15H2,1H3,(H,26,31)/t16-,17+,21-,23+/m1/s1. The van der Waals surface area contributed by atoms with Crippen LogP contribution < -0.4 is 5.32 Å². The van der Waals surface area contributed by atoms with Gasteiger partial charge < -0.3 is 15.2 Å². The number of morpholine rings is 1. The first-order valence-electron chi connectivity index (χ1n) is 12.3. The fourth-order valence-corrected chi connectivity index (χ4v) is 7.08. The maximum atomic E-state index is 13.7. The molecular formula is C25H34N4O3. The number of phenols is 1. The van der Waals surface area contributed by atoms with Gasteiger partial charge in [0, 0.05) is 49.2 Å². The number of carbonyl (C=O) groups excluding carboxylic acids is 1. The minimum absolute atomic E-state index is 0.0450.